The Balaban J connectivity index is 1.25. The third kappa shape index (κ3) is 15.1. The summed E-state index contributed by atoms with van der Waals surface area (Å²) in [5, 5.41) is 5.73. The predicted octanol–water partition coefficient (Wildman–Crippen LogP) is 7.02. The molecule has 4 aromatic rings. The van der Waals surface area contributed by atoms with Crippen molar-refractivity contribution in [3.05, 3.63) is 117 Å². The topological polar surface area (TPSA) is 180 Å². The molecule has 0 bridgehead atoms. The van der Waals surface area contributed by atoms with Crippen molar-refractivity contribution < 1.29 is 51.6 Å². The van der Waals surface area contributed by atoms with E-state index in [1.165, 1.54) is 13.1 Å². The molecule has 0 aliphatic carbocycles. The first-order chi connectivity index (χ1) is 28.6. The van der Waals surface area contributed by atoms with E-state index in [9.17, 15) is 23.6 Å². The van der Waals surface area contributed by atoms with Gasteiger partial charge in [-0.2, -0.15) is 0 Å². The minimum absolute atomic E-state index is 0.0964. The van der Waals surface area contributed by atoms with Crippen LogP contribution in [0.3, 0.4) is 0 Å². The summed E-state index contributed by atoms with van der Waals surface area (Å²) >= 11 is 6.16. The molecule has 4 rings (SSSR count). The van der Waals surface area contributed by atoms with Crippen molar-refractivity contribution in [1.82, 2.24) is 15.6 Å². The molecule has 5 N–H and O–H groups in total. The van der Waals surface area contributed by atoms with Gasteiger partial charge in [0, 0.05) is 41.1 Å². The lowest BCUT2D eigenvalue weighted by atomic mass is 9.92. The van der Waals surface area contributed by atoms with Crippen LogP contribution in [0.2, 0.25) is 5.02 Å². The Morgan fingerprint density at radius 1 is 0.817 bits per heavy atom. The van der Waals surface area contributed by atoms with Gasteiger partial charge >= 0.3 is 6.09 Å². The van der Waals surface area contributed by atoms with Crippen molar-refractivity contribution in [3.8, 4) is 11.1 Å². The van der Waals surface area contributed by atoms with E-state index in [4.69, 9.17) is 41.0 Å². The Labute approximate surface area is 353 Å². The summed E-state index contributed by atoms with van der Waals surface area (Å²) in [4.78, 5) is 54.2. The van der Waals surface area contributed by atoms with E-state index in [2.05, 4.69) is 15.6 Å². The highest BCUT2D eigenvalue weighted by Gasteiger charge is 2.29. The fraction of sp³-hybridized carbons (Fsp3) is 0.409. The number of ketones is 1. The summed E-state index contributed by atoms with van der Waals surface area (Å²) in [6.07, 6.45) is 1.89. The molecule has 16 heteroatoms. The van der Waals surface area contributed by atoms with Crippen LogP contribution in [0.25, 0.3) is 11.1 Å². The molecular formula is C44H53ClF2N4O9. The first-order valence-corrected chi connectivity index (χ1v) is 19.9. The highest BCUT2D eigenvalue weighted by Crippen LogP contribution is 2.36. The van der Waals surface area contributed by atoms with Crippen LogP contribution in [0.5, 0.6) is 0 Å². The molecule has 3 amide bonds. The molecule has 0 radical (unpaired) electrons. The number of hydrogen-bond acceptors (Lipinski definition) is 9. The number of nitrogens with two attached hydrogens (primary N) is 1. The Bertz CT molecular complexity index is 2050. The zero-order chi connectivity index (χ0) is 43.7. The molecule has 0 unspecified atom stereocenters. The molecule has 60 heavy (non-hydrogen) atoms. The van der Waals surface area contributed by atoms with Crippen LogP contribution in [0, 0.1) is 18.6 Å². The summed E-state index contributed by atoms with van der Waals surface area (Å²) in [5.41, 5.74) is 5.92. The maximum atomic E-state index is 15.5. The molecule has 0 spiro atoms. The number of benzene rings is 3. The van der Waals surface area contributed by atoms with E-state index in [1.54, 1.807) is 69.3 Å². The summed E-state index contributed by atoms with van der Waals surface area (Å²) in [7, 11) is 0. The Hall–Kier alpha value is -5.19. The summed E-state index contributed by atoms with van der Waals surface area (Å²) in [6, 6.07) is 14.4. The first-order valence-electron chi connectivity index (χ1n) is 19.6. The maximum absolute atomic E-state index is 15.5. The number of halogens is 3. The van der Waals surface area contributed by atoms with E-state index in [1.807, 2.05) is 0 Å². The number of alkyl carbamates (subject to hydrolysis) is 1. The third-order valence-electron chi connectivity index (χ3n) is 8.91. The number of carbonyl (C=O) groups excluding carboxylic acids is 4. The molecule has 1 heterocycles. The maximum Gasteiger partial charge on any atom is 0.407 e. The molecular weight excluding hydrogens is 802 g/mol. The first kappa shape index (κ1) is 47.5. The van der Waals surface area contributed by atoms with Crippen LogP contribution in [-0.2, 0) is 34.9 Å². The second-order valence-electron chi connectivity index (χ2n) is 14.7. The molecule has 324 valence electrons. The van der Waals surface area contributed by atoms with Gasteiger partial charge in [-0.3, -0.25) is 14.4 Å². The summed E-state index contributed by atoms with van der Waals surface area (Å²) in [5.74, 6) is -3.56. The van der Waals surface area contributed by atoms with Gasteiger partial charge in [-0.25, -0.2) is 13.6 Å². The Morgan fingerprint density at radius 2 is 1.43 bits per heavy atom. The number of primary amides is 1. The summed E-state index contributed by atoms with van der Waals surface area (Å²) < 4.78 is 57.6. The van der Waals surface area contributed by atoms with Crippen LogP contribution in [0.1, 0.15) is 82.8 Å². The Kier molecular flexibility index (Phi) is 18.6. The fourth-order valence-corrected chi connectivity index (χ4v) is 6.26. The molecule has 1 atom stereocenters. The van der Waals surface area contributed by atoms with Gasteiger partial charge in [0.25, 0.3) is 5.91 Å². The van der Waals surface area contributed by atoms with Crippen molar-refractivity contribution >= 4 is 35.3 Å². The van der Waals surface area contributed by atoms with Crippen LogP contribution < -0.4 is 16.4 Å². The minimum atomic E-state index is -0.905. The monoisotopic (exact) mass is 854 g/mol. The lowest BCUT2D eigenvalue weighted by Crippen LogP contribution is -2.34. The average molecular weight is 855 g/mol. The smallest absolute Gasteiger partial charge is 0.407 e. The molecule has 13 nitrogen and oxygen atoms in total. The van der Waals surface area contributed by atoms with E-state index in [0.717, 1.165) is 17.7 Å². The quantitative estimate of drug-likeness (QED) is 0.0426. The number of aryl methyl sites for hydroxylation is 1. The Morgan fingerprint density at radius 3 is 2.05 bits per heavy atom. The molecule has 1 aromatic heterocycles. The number of H-pyrrole nitrogens is 1. The van der Waals surface area contributed by atoms with Crippen LogP contribution >= 0.6 is 11.6 Å². The van der Waals surface area contributed by atoms with Gasteiger partial charge < -0.3 is 45.0 Å². The van der Waals surface area contributed by atoms with Crippen LogP contribution in [0.4, 0.5) is 13.6 Å². The third-order valence-corrected chi connectivity index (χ3v) is 9.15. The van der Waals surface area contributed by atoms with Crippen LogP contribution in [-0.4, -0.2) is 93.7 Å². The standard InChI is InChI=1S/C44H53ClF2N4O9/c1-28-34(46)14-15-35(47)38(28)39-33(42(54)51-36(26-37(48)52)31-8-5-9-32(45)25-31)27-50-40(39)41(53)30-12-10-29(11-13-30)7-6-17-56-19-21-58-23-24-59-22-20-57-18-16-49-43(55)60-44(2,3)4/h5,8-15,25,27,36,50H,6-7,16-24,26H2,1-4H3,(H2,48,52)(H,49,55)(H,51,54)/t36-/m0/s1. The number of amides is 3. The van der Waals surface area contributed by atoms with Crippen molar-refractivity contribution in [3.63, 3.8) is 0 Å². The molecule has 0 aliphatic heterocycles. The predicted molar refractivity (Wildman–Crippen MR) is 222 cm³/mol. The second kappa shape index (κ2) is 23.6. The van der Waals surface area contributed by atoms with Gasteiger partial charge in [0.05, 0.1) is 70.0 Å². The normalized spacial score (nSPS) is 11.9. The number of aromatic nitrogens is 1. The minimum Gasteiger partial charge on any atom is -0.444 e. The second-order valence-corrected chi connectivity index (χ2v) is 15.2. The molecule has 3 aromatic carbocycles. The zero-order valence-electron chi connectivity index (χ0n) is 34.3. The van der Waals surface area contributed by atoms with Crippen molar-refractivity contribution in [2.45, 2.75) is 58.6 Å². The van der Waals surface area contributed by atoms with E-state index < -0.39 is 47.0 Å². The molecule has 0 saturated carbocycles. The van der Waals surface area contributed by atoms with Crippen molar-refractivity contribution in [2.24, 2.45) is 5.73 Å². The van der Waals surface area contributed by atoms with E-state index in [0.29, 0.717) is 82.8 Å². The molecule has 0 aliphatic rings. The van der Waals surface area contributed by atoms with Crippen LogP contribution in [0.15, 0.2) is 66.9 Å². The van der Waals surface area contributed by atoms with Gasteiger partial charge in [0.1, 0.15) is 17.2 Å². The van der Waals surface area contributed by atoms with Gasteiger partial charge in [-0.05, 0) is 81.5 Å². The fourth-order valence-electron chi connectivity index (χ4n) is 6.06. The van der Waals surface area contributed by atoms with Gasteiger partial charge in [-0.15, -0.1) is 0 Å². The SMILES string of the molecule is Cc1c(F)ccc(F)c1-c1c(C(=O)N[C@@H](CC(N)=O)c2cccc(Cl)c2)c[nH]c1C(=O)c1ccc(CCCOCCOCCOCCOCCNC(=O)OC(C)(C)C)cc1. The van der Waals surface area contributed by atoms with Gasteiger partial charge in [-0.1, -0.05) is 48.0 Å². The van der Waals surface area contributed by atoms with Gasteiger partial charge in [0.2, 0.25) is 11.7 Å². The number of aromatic amines is 1. The lowest BCUT2D eigenvalue weighted by molar-refractivity contribution is -0.118. The highest BCUT2D eigenvalue weighted by atomic mass is 35.5. The lowest BCUT2D eigenvalue weighted by Gasteiger charge is -2.19. The van der Waals surface area contributed by atoms with Crippen molar-refractivity contribution in [1.29, 1.82) is 0 Å². The molecule has 0 fully saturated rings. The number of hydrogen-bond donors (Lipinski definition) is 4. The highest BCUT2D eigenvalue weighted by molar-refractivity contribution is 6.30. The number of carbonyl (C=O) groups is 4. The zero-order valence-corrected chi connectivity index (χ0v) is 35.1. The largest absolute Gasteiger partial charge is 0.444 e. The van der Waals surface area contributed by atoms with E-state index >= 15 is 4.39 Å². The number of rotatable bonds is 24. The van der Waals surface area contributed by atoms with E-state index in [-0.39, 0.29) is 39.9 Å². The molecule has 0 saturated heterocycles. The summed E-state index contributed by atoms with van der Waals surface area (Å²) in [6.45, 7) is 10.4. The number of nitrogens with one attached hydrogen (secondary N) is 3. The average Bonchev–Trinajstić information content (AvgIpc) is 3.63. The number of ether oxygens (including phenoxy) is 5. The van der Waals surface area contributed by atoms with Crippen molar-refractivity contribution in [2.75, 3.05) is 59.4 Å². The van der Waals surface area contributed by atoms with Gasteiger partial charge in [0.15, 0.2) is 0 Å².